The summed E-state index contributed by atoms with van der Waals surface area (Å²) in [5.41, 5.74) is 1.21. The molecular weight excluding hydrogens is 379 g/mol. The highest BCUT2D eigenvalue weighted by Crippen LogP contribution is 2.29. The van der Waals surface area contributed by atoms with Gasteiger partial charge in [-0.25, -0.2) is 14.2 Å². The Kier molecular flexibility index (Phi) is 5.33. The Bertz CT molecular complexity index is 953. The van der Waals surface area contributed by atoms with E-state index in [2.05, 4.69) is 19.9 Å². The molecule has 0 spiro atoms. The fourth-order valence-corrected chi connectivity index (χ4v) is 3.61. The number of aryl methyl sites for hydroxylation is 1. The van der Waals surface area contributed by atoms with E-state index in [1.165, 1.54) is 23.5 Å². The largest absolute Gasteiger partial charge is 0.461 e. The number of amides is 1. The number of rotatable bonds is 5. The number of ether oxygens (including phenoxy) is 1. The minimum Gasteiger partial charge on any atom is -0.461 e. The van der Waals surface area contributed by atoms with Gasteiger partial charge in [0.25, 0.3) is 5.91 Å². The SMILES string of the molecule is CCOC(=O)c1nnsc1NC(=O)c1sc(-c2ccc(F)cc2)nc1C. The summed E-state index contributed by atoms with van der Waals surface area (Å²) in [6.07, 6.45) is 0. The molecule has 0 aliphatic heterocycles. The van der Waals surface area contributed by atoms with Crippen LogP contribution >= 0.6 is 22.9 Å². The maximum atomic E-state index is 13.1. The number of anilines is 1. The van der Waals surface area contributed by atoms with Gasteiger partial charge in [0.1, 0.15) is 15.7 Å². The lowest BCUT2D eigenvalue weighted by atomic mass is 10.2. The number of benzene rings is 1. The molecule has 2 aromatic heterocycles. The molecule has 3 aromatic rings. The quantitative estimate of drug-likeness (QED) is 0.668. The van der Waals surface area contributed by atoms with E-state index in [-0.39, 0.29) is 23.1 Å². The summed E-state index contributed by atoms with van der Waals surface area (Å²) in [6, 6.07) is 5.86. The van der Waals surface area contributed by atoms with E-state index in [0.29, 0.717) is 21.1 Å². The van der Waals surface area contributed by atoms with Gasteiger partial charge in [0.2, 0.25) is 5.69 Å². The Morgan fingerprint density at radius 2 is 2.00 bits per heavy atom. The summed E-state index contributed by atoms with van der Waals surface area (Å²) in [4.78, 5) is 29.1. The van der Waals surface area contributed by atoms with Crippen LogP contribution in [-0.4, -0.2) is 33.1 Å². The number of esters is 1. The molecule has 0 aliphatic carbocycles. The second-order valence-corrected chi connectivity index (χ2v) is 6.82. The van der Waals surface area contributed by atoms with Crippen molar-refractivity contribution < 1.29 is 18.7 Å². The van der Waals surface area contributed by atoms with Crippen molar-refractivity contribution in [3.05, 3.63) is 46.3 Å². The first-order valence-electron chi connectivity index (χ1n) is 7.53. The Labute approximate surface area is 156 Å². The third kappa shape index (κ3) is 3.75. The Balaban J connectivity index is 1.82. The average Bonchev–Trinajstić information content (AvgIpc) is 3.22. The van der Waals surface area contributed by atoms with Crippen LogP contribution in [0.1, 0.15) is 32.8 Å². The fourth-order valence-electron chi connectivity index (χ4n) is 2.09. The highest BCUT2D eigenvalue weighted by Gasteiger charge is 2.22. The highest BCUT2D eigenvalue weighted by atomic mass is 32.1. The number of carbonyl (C=O) groups excluding carboxylic acids is 2. The van der Waals surface area contributed by atoms with Gasteiger partial charge in [-0.1, -0.05) is 4.49 Å². The van der Waals surface area contributed by atoms with Crippen molar-refractivity contribution in [1.82, 2.24) is 14.6 Å². The number of hydrogen-bond donors (Lipinski definition) is 1. The van der Waals surface area contributed by atoms with Crippen LogP contribution in [-0.2, 0) is 4.74 Å². The third-order valence-electron chi connectivity index (χ3n) is 3.28. The van der Waals surface area contributed by atoms with Crippen LogP contribution in [0.15, 0.2) is 24.3 Å². The number of carbonyl (C=O) groups is 2. The molecule has 1 aromatic carbocycles. The Morgan fingerprint density at radius 3 is 2.69 bits per heavy atom. The van der Waals surface area contributed by atoms with Crippen LogP contribution < -0.4 is 5.32 Å². The van der Waals surface area contributed by atoms with Gasteiger partial charge in [0, 0.05) is 17.1 Å². The molecule has 3 rings (SSSR count). The zero-order valence-electron chi connectivity index (χ0n) is 13.8. The molecule has 7 nitrogen and oxygen atoms in total. The van der Waals surface area contributed by atoms with Crippen LogP contribution in [0.5, 0.6) is 0 Å². The number of thiazole rings is 1. The zero-order chi connectivity index (χ0) is 18.7. The molecular formula is C16H13FN4O3S2. The van der Waals surface area contributed by atoms with E-state index < -0.39 is 11.9 Å². The lowest BCUT2D eigenvalue weighted by Gasteiger charge is -2.03. The summed E-state index contributed by atoms with van der Waals surface area (Å²) in [5.74, 6) is -1.42. The standard InChI is InChI=1S/C16H13FN4O3S2/c1-3-24-16(23)11-15(26-21-20-11)19-13(22)12-8(2)18-14(25-12)9-4-6-10(17)7-5-9/h4-7H,3H2,1-2H3,(H,19,22). The summed E-state index contributed by atoms with van der Waals surface area (Å²) >= 11 is 2.06. The molecule has 0 saturated carbocycles. The van der Waals surface area contributed by atoms with E-state index in [9.17, 15) is 14.0 Å². The van der Waals surface area contributed by atoms with Gasteiger partial charge in [-0.3, -0.25) is 4.79 Å². The number of hydrogen-bond acceptors (Lipinski definition) is 8. The maximum Gasteiger partial charge on any atom is 0.362 e. The van der Waals surface area contributed by atoms with Crippen molar-refractivity contribution in [2.75, 3.05) is 11.9 Å². The van der Waals surface area contributed by atoms with Gasteiger partial charge in [0.05, 0.1) is 12.3 Å². The minimum atomic E-state index is -0.649. The topological polar surface area (TPSA) is 94.1 Å². The van der Waals surface area contributed by atoms with Gasteiger partial charge in [-0.2, -0.15) is 0 Å². The highest BCUT2D eigenvalue weighted by molar-refractivity contribution is 7.17. The molecule has 2 heterocycles. The van der Waals surface area contributed by atoms with Crippen molar-refractivity contribution in [2.24, 2.45) is 0 Å². The van der Waals surface area contributed by atoms with E-state index in [4.69, 9.17) is 4.74 Å². The number of nitrogens with zero attached hydrogens (tertiary/aromatic N) is 3. The molecule has 0 aliphatic rings. The van der Waals surface area contributed by atoms with Crippen LogP contribution in [0.3, 0.4) is 0 Å². The number of nitrogens with one attached hydrogen (secondary N) is 1. The normalized spacial score (nSPS) is 10.6. The van der Waals surface area contributed by atoms with Crippen LogP contribution in [0, 0.1) is 12.7 Å². The summed E-state index contributed by atoms with van der Waals surface area (Å²) in [6.45, 7) is 3.57. The fraction of sp³-hybridized carbons (Fsp3) is 0.188. The Morgan fingerprint density at radius 1 is 1.27 bits per heavy atom. The van der Waals surface area contributed by atoms with Crippen LogP contribution in [0.25, 0.3) is 10.6 Å². The average molecular weight is 392 g/mol. The smallest absolute Gasteiger partial charge is 0.362 e. The maximum absolute atomic E-state index is 13.1. The molecule has 0 radical (unpaired) electrons. The molecule has 0 unspecified atom stereocenters. The van der Waals surface area contributed by atoms with Crippen LogP contribution in [0.2, 0.25) is 0 Å². The van der Waals surface area contributed by atoms with Crippen molar-refractivity contribution in [3.63, 3.8) is 0 Å². The Hall–Kier alpha value is -2.72. The minimum absolute atomic E-state index is 0.0360. The molecule has 134 valence electrons. The lowest BCUT2D eigenvalue weighted by Crippen LogP contribution is -2.14. The first-order chi connectivity index (χ1) is 12.5. The van der Waals surface area contributed by atoms with Gasteiger partial charge < -0.3 is 10.1 Å². The predicted octanol–water partition coefficient (Wildman–Crippen LogP) is 3.54. The third-order valence-corrected chi connectivity index (χ3v) is 5.12. The summed E-state index contributed by atoms with van der Waals surface area (Å²) in [7, 11) is 0. The molecule has 0 saturated heterocycles. The van der Waals surface area contributed by atoms with Gasteiger partial charge in [0.15, 0.2) is 5.00 Å². The van der Waals surface area contributed by atoms with E-state index >= 15 is 0 Å². The summed E-state index contributed by atoms with van der Waals surface area (Å²) < 4.78 is 21.6. The van der Waals surface area contributed by atoms with E-state index in [1.54, 1.807) is 26.0 Å². The van der Waals surface area contributed by atoms with Crippen molar-refractivity contribution in [1.29, 1.82) is 0 Å². The van der Waals surface area contributed by atoms with Crippen molar-refractivity contribution in [3.8, 4) is 10.6 Å². The predicted molar refractivity (Wildman–Crippen MR) is 96.1 cm³/mol. The van der Waals surface area contributed by atoms with Crippen molar-refractivity contribution >= 4 is 39.7 Å². The summed E-state index contributed by atoms with van der Waals surface area (Å²) in [5, 5.41) is 7.13. The monoisotopic (exact) mass is 392 g/mol. The molecule has 0 bridgehead atoms. The number of aromatic nitrogens is 3. The number of halogens is 1. The van der Waals surface area contributed by atoms with Gasteiger partial charge in [-0.05, 0) is 38.1 Å². The second-order valence-electron chi connectivity index (χ2n) is 5.07. The molecule has 0 fully saturated rings. The molecule has 1 amide bonds. The molecule has 26 heavy (non-hydrogen) atoms. The first kappa shape index (κ1) is 18.1. The lowest BCUT2D eigenvalue weighted by molar-refractivity contribution is 0.0520. The zero-order valence-corrected chi connectivity index (χ0v) is 15.4. The van der Waals surface area contributed by atoms with Gasteiger partial charge >= 0.3 is 5.97 Å². The molecule has 0 atom stereocenters. The molecule has 1 N–H and O–H groups in total. The first-order valence-corrected chi connectivity index (χ1v) is 9.12. The second kappa shape index (κ2) is 7.67. The molecule has 10 heteroatoms. The van der Waals surface area contributed by atoms with Gasteiger partial charge in [-0.15, -0.1) is 16.4 Å². The van der Waals surface area contributed by atoms with E-state index in [0.717, 1.165) is 11.5 Å². The van der Waals surface area contributed by atoms with E-state index in [1.807, 2.05) is 0 Å². The van der Waals surface area contributed by atoms with Crippen LogP contribution in [0.4, 0.5) is 9.39 Å². The van der Waals surface area contributed by atoms with Crippen molar-refractivity contribution in [2.45, 2.75) is 13.8 Å².